The Balaban J connectivity index is 2.37. The number of ether oxygens (including phenoxy) is 1. The van der Waals surface area contributed by atoms with Gasteiger partial charge in [-0.25, -0.2) is 0 Å². The summed E-state index contributed by atoms with van der Waals surface area (Å²) < 4.78 is 5.00. The summed E-state index contributed by atoms with van der Waals surface area (Å²) in [5.41, 5.74) is 2.68. The largest absolute Gasteiger partial charge is 0.466 e. The molecule has 1 saturated carbocycles. The van der Waals surface area contributed by atoms with Crippen LogP contribution in [0.2, 0.25) is 0 Å². The second kappa shape index (κ2) is 5.88. The van der Waals surface area contributed by atoms with Gasteiger partial charge in [0, 0.05) is 0 Å². The SMILES string of the molecule is CCOC(=O)C1CC1C=C(C)CC=C(C)C. The average molecular weight is 222 g/mol. The molecule has 0 amide bonds. The van der Waals surface area contributed by atoms with Crippen molar-refractivity contribution in [3.05, 3.63) is 23.3 Å². The Morgan fingerprint density at radius 1 is 1.38 bits per heavy atom. The lowest BCUT2D eigenvalue weighted by molar-refractivity contribution is -0.144. The van der Waals surface area contributed by atoms with Crippen LogP contribution in [0.1, 0.15) is 40.5 Å². The van der Waals surface area contributed by atoms with Crippen LogP contribution in [0.4, 0.5) is 0 Å². The van der Waals surface area contributed by atoms with Crippen molar-refractivity contribution in [3.63, 3.8) is 0 Å². The first-order valence-corrected chi connectivity index (χ1v) is 6.02. The Kier molecular flexibility index (Phi) is 4.78. The predicted molar refractivity (Wildman–Crippen MR) is 66.0 cm³/mol. The molecule has 1 aliphatic carbocycles. The number of esters is 1. The molecule has 0 spiro atoms. The lowest BCUT2D eigenvalue weighted by Gasteiger charge is -1.99. The van der Waals surface area contributed by atoms with E-state index in [4.69, 9.17) is 4.74 Å². The van der Waals surface area contributed by atoms with Crippen molar-refractivity contribution in [1.82, 2.24) is 0 Å². The molecular formula is C14H22O2. The van der Waals surface area contributed by atoms with E-state index in [0.717, 1.165) is 12.8 Å². The number of allylic oxidation sites excluding steroid dienone is 4. The maximum atomic E-state index is 11.4. The second-order valence-corrected chi connectivity index (χ2v) is 4.76. The smallest absolute Gasteiger partial charge is 0.309 e. The maximum Gasteiger partial charge on any atom is 0.309 e. The van der Waals surface area contributed by atoms with Gasteiger partial charge in [0.05, 0.1) is 12.5 Å². The standard InChI is InChI=1S/C14H22O2/c1-5-16-14(15)13-9-12(13)8-11(4)7-6-10(2)3/h6,8,12-13H,5,7,9H2,1-4H3. The molecule has 0 aliphatic heterocycles. The highest BCUT2D eigenvalue weighted by atomic mass is 16.5. The van der Waals surface area contributed by atoms with Gasteiger partial charge >= 0.3 is 5.97 Å². The van der Waals surface area contributed by atoms with Crippen LogP contribution in [0.25, 0.3) is 0 Å². The summed E-state index contributed by atoms with van der Waals surface area (Å²) in [6.07, 6.45) is 6.40. The quantitative estimate of drug-likeness (QED) is 0.526. The van der Waals surface area contributed by atoms with Crippen molar-refractivity contribution >= 4 is 5.97 Å². The zero-order valence-electron chi connectivity index (χ0n) is 10.7. The van der Waals surface area contributed by atoms with Crippen LogP contribution < -0.4 is 0 Å². The molecule has 0 N–H and O–H groups in total. The minimum atomic E-state index is -0.0289. The average Bonchev–Trinajstić information content (AvgIpc) is 2.94. The molecule has 0 radical (unpaired) electrons. The molecule has 16 heavy (non-hydrogen) atoms. The predicted octanol–water partition coefficient (Wildman–Crippen LogP) is 3.49. The van der Waals surface area contributed by atoms with E-state index >= 15 is 0 Å². The van der Waals surface area contributed by atoms with E-state index in [0.29, 0.717) is 12.5 Å². The molecule has 0 saturated heterocycles. The van der Waals surface area contributed by atoms with Gasteiger partial charge in [-0.15, -0.1) is 0 Å². The Labute approximate surface area is 98.4 Å². The third kappa shape index (κ3) is 4.21. The minimum Gasteiger partial charge on any atom is -0.466 e. The third-order valence-electron chi connectivity index (χ3n) is 2.76. The van der Waals surface area contributed by atoms with Crippen molar-refractivity contribution in [1.29, 1.82) is 0 Å². The van der Waals surface area contributed by atoms with E-state index < -0.39 is 0 Å². The lowest BCUT2D eigenvalue weighted by atomic mass is 10.1. The normalized spacial score (nSPS) is 23.9. The van der Waals surface area contributed by atoms with Crippen LogP contribution in [0.15, 0.2) is 23.3 Å². The number of hydrogen-bond donors (Lipinski definition) is 0. The monoisotopic (exact) mass is 222 g/mol. The molecule has 90 valence electrons. The van der Waals surface area contributed by atoms with Gasteiger partial charge in [0.25, 0.3) is 0 Å². The summed E-state index contributed by atoms with van der Waals surface area (Å²) in [6, 6.07) is 0. The fourth-order valence-electron chi connectivity index (χ4n) is 1.72. The zero-order valence-corrected chi connectivity index (χ0v) is 10.7. The van der Waals surface area contributed by atoms with Crippen molar-refractivity contribution < 1.29 is 9.53 Å². The second-order valence-electron chi connectivity index (χ2n) is 4.76. The van der Waals surface area contributed by atoms with Crippen LogP contribution >= 0.6 is 0 Å². The molecule has 1 fully saturated rings. The van der Waals surface area contributed by atoms with Crippen LogP contribution in [-0.2, 0) is 9.53 Å². The summed E-state index contributed by atoms with van der Waals surface area (Å²) in [7, 11) is 0. The van der Waals surface area contributed by atoms with Crippen LogP contribution in [-0.4, -0.2) is 12.6 Å². The number of carbonyl (C=O) groups is 1. The van der Waals surface area contributed by atoms with Gasteiger partial charge < -0.3 is 4.74 Å². The van der Waals surface area contributed by atoms with Gasteiger partial charge in [-0.05, 0) is 46.5 Å². The zero-order chi connectivity index (χ0) is 12.1. The van der Waals surface area contributed by atoms with Gasteiger partial charge in [0.1, 0.15) is 0 Å². The minimum absolute atomic E-state index is 0.0289. The molecule has 0 aromatic rings. The van der Waals surface area contributed by atoms with Crippen molar-refractivity contribution in [3.8, 4) is 0 Å². The summed E-state index contributed by atoms with van der Waals surface area (Å²) in [4.78, 5) is 11.4. The van der Waals surface area contributed by atoms with E-state index in [2.05, 4.69) is 32.9 Å². The van der Waals surface area contributed by atoms with Gasteiger partial charge in [-0.2, -0.15) is 0 Å². The van der Waals surface area contributed by atoms with Crippen LogP contribution in [0, 0.1) is 11.8 Å². The summed E-state index contributed by atoms with van der Waals surface area (Å²) in [5.74, 6) is 0.518. The van der Waals surface area contributed by atoms with Gasteiger partial charge in [-0.3, -0.25) is 4.79 Å². The van der Waals surface area contributed by atoms with E-state index in [1.807, 2.05) is 6.92 Å². The van der Waals surface area contributed by atoms with E-state index in [9.17, 15) is 4.79 Å². The number of carbonyl (C=O) groups excluding carboxylic acids is 1. The molecule has 2 nitrogen and oxygen atoms in total. The molecule has 2 atom stereocenters. The highest BCUT2D eigenvalue weighted by Gasteiger charge is 2.42. The summed E-state index contributed by atoms with van der Waals surface area (Å²) in [6.45, 7) is 8.67. The molecule has 2 heteroatoms. The van der Waals surface area contributed by atoms with Crippen LogP contribution in [0.5, 0.6) is 0 Å². The van der Waals surface area contributed by atoms with Gasteiger partial charge in [0.15, 0.2) is 0 Å². The Morgan fingerprint density at radius 3 is 2.62 bits per heavy atom. The Bertz CT molecular complexity index is 309. The van der Waals surface area contributed by atoms with Gasteiger partial charge in [-0.1, -0.05) is 23.3 Å². The first-order valence-electron chi connectivity index (χ1n) is 6.02. The fraction of sp³-hybridized carbons (Fsp3) is 0.643. The first-order chi connectivity index (χ1) is 7.54. The first kappa shape index (κ1) is 13.0. The maximum absolute atomic E-state index is 11.4. The fourth-order valence-corrected chi connectivity index (χ4v) is 1.72. The van der Waals surface area contributed by atoms with Crippen molar-refractivity contribution in [2.45, 2.75) is 40.5 Å². The highest BCUT2D eigenvalue weighted by molar-refractivity contribution is 5.76. The molecule has 1 rings (SSSR count). The topological polar surface area (TPSA) is 26.3 Å². The highest BCUT2D eigenvalue weighted by Crippen LogP contribution is 2.41. The van der Waals surface area contributed by atoms with Crippen molar-refractivity contribution in [2.24, 2.45) is 11.8 Å². The molecule has 0 aromatic heterocycles. The number of rotatable bonds is 5. The third-order valence-corrected chi connectivity index (χ3v) is 2.76. The number of hydrogen-bond acceptors (Lipinski definition) is 2. The molecular weight excluding hydrogens is 200 g/mol. The van der Waals surface area contributed by atoms with Gasteiger partial charge in [0.2, 0.25) is 0 Å². The Morgan fingerprint density at radius 2 is 2.06 bits per heavy atom. The van der Waals surface area contributed by atoms with Crippen LogP contribution in [0.3, 0.4) is 0 Å². The summed E-state index contributed by atoms with van der Waals surface area (Å²) in [5, 5.41) is 0. The van der Waals surface area contributed by atoms with E-state index in [-0.39, 0.29) is 11.9 Å². The molecule has 0 aromatic carbocycles. The molecule has 0 bridgehead atoms. The molecule has 0 heterocycles. The molecule has 1 aliphatic rings. The van der Waals surface area contributed by atoms with E-state index in [1.54, 1.807) is 0 Å². The molecule has 2 unspecified atom stereocenters. The summed E-state index contributed by atoms with van der Waals surface area (Å²) >= 11 is 0. The lowest BCUT2D eigenvalue weighted by Crippen LogP contribution is -2.07. The van der Waals surface area contributed by atoms with E-state index in [1.165, 1.54) is 11.1 Å². The Hall–Kier alpha value is -1.05. The van der Waals surface area contributed by atoms with Crippen molar-refractivity contribution in [2.75, 3.05) is 6.61 Å².